The van der Waals surface area contributed by atoms with E-state index in [0.29, 0.717) is 5.92 Å². The summed E-state index contributed by atoms with van der Waals surface area (Å²) in [7, 11) is 0. The average molecular weight is 131 g/mol. The van der Waals surface area contributed by atoms with Crippen molar-refractivity contribution in [2.45, 2.75) is 32.7 Å². The summed E-state index contributed by atoms with van der Waals surface area (Å²) in [6.45, 7) is 6.14. The van der Waals surface area contributed by atoms with Gasteiger partial charge in [0.2, 0.25) is 0 Å². The molecule has 0 bridgehead atoms. The number of aliphatic hydroxyl groups excluding tert-OH is 1. The maximum absolute atomic E-state index is 8.83. The van der Waals surface area contributed by atoms with Gasteiger partial charge in [-0.15, -0.1) is 0 Å². The van der Waals surface area contributed by atoms with Crippen LogP contribution < -0.4 is 5.73 Å². The third-order valence-corrected chi connectivity index (χ3v) is 2.10. The molecule has 56 valence electrons. The van der Waals surface area contributed by atoms with Crippen molar-refractivity contribution in [2.24, 2.45) is 11.7 Å². The lowest BCUT2D eigenvalue weighted by Crippen LogP contribution is -2.47. The zero-order valence-electron chi connectivity index (χ0n) is 6.52. The quantitative estimate of drug-likeness (QED) is 0.593. The highest BCUT2D eigenvalue weighted by Gasteiger charge is 2.25. The monoisotopic (exact) mass is 131 g/mol. The molecule has 2 nitrogen and oxygen atoms in total. The molecule has 3 N–H and O–H groups in total. The molecule has 0 aliphatic rings. The molecular formula is C7H17NO. The molecule has 0 spiro atoms. The Morgan fingerprint density at radius 1 is 1.56 bits per heavy atom. The standard InChI is InChI=1S/C7H17NO/c1-4-7(8,5-9)6(2)3/h6,9H,4-5,8H2,1-3H3. The van der Waals surface area contributed by atoms with Crippen molar-refractivity contribution in [3.05, 3.63) is 0 Å². The lowest BCUT2D eigenvalue weighted by molar-refractivity contribution is 0.150. The maximum atomic E-state index is 8.83. The second kappa shape index (κ2) is 3.18. The van der Waals surface area contributed by atoms with E-state index in [2.05, 4.69) is 0 Å². The molecule has 0 rings (SSSR count). The Balaban J connectivity index is 3.92. The minimum Gasteiger partial charge on any atom is -0.394 e. The van der Waals surface area contributed by atoms with E-state index >= 15 is 0 Å². The van der Waals surface area contributed by atoms with Crippen LogP contribution in [0.5, 0.6) is 0 Å². The molecule has 0 fully saturated rings. The van der Waals surface area contributed by atoms with Gasteiger partial charge in [0, 0.05) is 5.54 Å². The van der Waals surface area contributed by atoms with Gasteiger partial charge in [-0.3, -0.25) is 0 Å². The fourth-order valence-electron chi connectivity index (χ4n) is 0.703. The number of rotatable bonds is 3. The van der Waals surface area contributed by atoms with Gasteiger partial charge in [0.05, 0.1) is 6.61 Å². The highest BCUT2D eigenvalue weighted by Crippen LogP contribution is 2.16. The number of nitrogens with two attached hydrogens (primary N) is 1. The lowest BCUT2D eigenvalue weighted by atomic mass is 9.86. The summed E-state index contributed by atoms with van der Waals surface area (Å²) in [5.74, 6) is 0.354. The van der Waals surface area contributed by atoms with E-state index in [9.17, 15) is 0 Å². The van der Waals surface area contributed by atoms with Crippen LogP contribution in [0.1, 0.15) is 27.2 Å². The van der Waals surface area contributed by atoms with Crippen molar-refractivity contribution in [1.82, 2.24) is 0 Å². The van der Waals surface area contributed by atoms with Crippen LogP contribution in [-0.4, -0.2) is 17.3 Å². The molecule has 0 saturated heterocycles. The minimum absolute atomic E-state index is 0.0845. The third kappa shape index (κ3) is 1.95. The molecule has 1 atom stereocenters. The van der Waals surface area contributed by atoms with Crippen molar-refractivity contribution in [1.29, 1.82) is 0 Å². The molecule has 0 saturated carbocycles. The Labute approximate surface area is 57.1 Å². The van der Waals surface area contributed by atoms with Gasteiger partial charge in [-0.2, -0.15) is 0 Å². The van der Waals surface area contributed by atoms with Gasteiger partial charge in [0.1, 0.15) is 0 Å². The topological polar surface area (TPSA) is 46.2 Å². The van der Waals surface area contributed by atoms with Crippen LogP contribution in [0.15, 0.2) is 0 Å². The molecule has 0 aromatic carbocycles. The SMILES string of the molecule is CCC(N)(CO)C(C)C. The Morgan fingerprint density at radius 3 is 2.00 bits per heavy atom. The molecule has 2 heteroatoms. The first-order valence-corrected chi connectivity index (χ1v) is 3.46. The molecular weight excluding hydrogens is 114 g/mol. The fourth-order valence-corrected chi connectivity index (χ4v) is 0.703. The second-order valence-corrected chi connectivity index (χ2v) is 2.90. The van der Waals surface area contributed by atoms with E-state index in [1.54, 1.807) is 0 Å². The van der Waals surface area contributed by atoms with Gasteiger partial charge >= 0.3 is 0 Å². The minimum atomic E-state index is -0.361. The van der Waals surface area contributed by atoms with Crippen LogP contribution in [0.4, 0.5) is 0 Å². The number of aliphatic hydroxyl groups is 1. The Morgan fingerprint density at radius 2 is 2.00 bits per heavy atom. The third-order valence-electron chi connectivity index (χ3n) is 2.10. The molecule has 0 aromatic heterocycles. The van der Waals surface area contributed by atoms with E-state index in [-0.39, 0.29) is 12.1 Å². The van der Waals surface area contributed by atoms with Gasteiger partial charge in [0.25, 0.3) is 0 Å². The summed E-state index contributed by atoms with van der Waals surface area (Å²) >= 11 is 0. The highest BCUT2D eigenvalue weighted by atomic mass is 16.3. The first-order valence-electron chi connectivity index (χ1n) is 3.46. The predicted octanol–water partition coefficient (Wildman–Crippen LogP) is 0.742. The van der Waals surface area contributed by atoms with Crippen LogP contribution in [0.25, 0.3) is 0 Å². The van der Waals surface area contributed by atoms with Crippen LogP contribution in [-0.2, 0) is 0 Å². The van der Waals surface area contributed by atoms with E-state index in [0.717, 1.165) is 6.42 Å². The summed E-state index contributed by atoms with van der Waals surface area (Å²) in [5, 5.41) is 8.83. The Kier molecular flexibility index (Phi) is 3.15. The van der Waals surface area contributed by atoms with Crippen LogP contribution in [0.3, 0.4) is 0 Å². The Bertz CT molecular complexity index is 77.0. The molecule has 1 unspecified atom stereocenters. The van der Waals surface area contributed by atoms with E-state index in [4.69, 9.17) is 10.8 Å². The van der Waals surface area contributed by atoms with Crippen LogP contribution in [0.2, 0.25) is 0 Å². The molecule has 9 heavy (non-hydrogen) atoms. The lowest BCUT2D eigenvalue weighted by Gasteiger charge is -2.29. The normalized spacial score (nSPS) is 18.0. The van der Waals surface area contributed by atoms with Gasteiger partial charge in [0.15, 0.2) is 0 Å². The van der Waals surface area contributed by atoms with Crippen molar-refractivity contribution in [3.8, 4) is 0 Å². The zero-order chi connectivity index (χ0) is 7.49. The van der Waals surface area contributed by atoms with Crippen molar-refractivity contribution in [2.75, 3.05) is 6.61 Å². The molecule has 0 radical (unpaired) electrons. The Hall–Kier alpha value is -0.0800. The summed E-state index contributed by atoms with van der Waals surface area (Å²) in [6, 6.07) is 0. The van der Waals surface area contributed by atoms with Gasteiger partial charge in [-0.1, -0.05) is 20.8 Å². The average Bonchev–Trinajstić information content (AvgIpc) is 1.86. The summed E-state index contributed by atoms with van der Waals surface area (Å²) in [4.78, 5) is 0. The largest absolute Gasteiger partial charge is 0.394 e. The van der Waals surface area contributed by atoms with E-state index in [1.165, 1.54) is 0 Å². The summed E-state index contributed by atoms with van der Waals surface area (Å²) in [5.41, 5.74) is 5.43. The van der Waals surface area contributed by atoms with Gasteiger partial charge in [-0.05, 0) is 12.3 Å². The van der Waals surface area contributed by atoms with Crippen molar-refractivity contribution >= 4 is 0 Å². The number of hydrogen-bond acceptors (Lipinski definition) is 2. The van der Waals surface area contributed by atoms with Crippen LogP contribution in [0, 0.1) is 5.92 Å². The van der Waals surface area contributed by atoms with Crippen molar-refractivity contribution < 1.29 is 5.11 Å². The molecule has 0 aliphatic carbocycles. The first-order chi connectivity index (χ1) is 4.06. The van der Waals surface area contributed by atoms with E-state index in [1.807, 2.05) is 20.8 Å². The highest BCUT2D eigenvalue weighted by molar-refractivity contribution is 4.84. The predicted molar refractivity (Wildman–Crippen MR) is 39.1 cm³/mol. The number of hydrogen-bond donors (Lipinski definition) is 2. The van der Waals surface area contributed by atoms with E-state index < -0.39 is 0 Å². The molecule has 0 heterocycles. The maximum Gasteiger partial charge on any atom is 0.0613 e. The smallest absolute Gasteiger partial charge is 0.0613 e. The van der Waals surface area contributed by atoms with Gasteiger partial charge < -0.3 is 10.8 Å². The fraction of sp³-hybridized carbons (Fsp3) is 1.00. The first kappa shape index (κ1) is 8.92. The second-order valence-electron chi connectivity index (χ2n) is 2.90. The summed E-state index contributed by atoms with van der Waals surface area (Å²) in [6.07, 6.45) is 0.834. The zero-order valence-corrected chi connectivity index (χ0v) is 6.52. The van der Waals surface area contributed by atoms with Crippen LogP contribution >= 0.6 is 0 Å². The molecule has 0 aliphatic heterocycles. The summed E-state index contributed by atoms with van der Waals surface area (Å²) < 4.78 is 0. The molecule has 0 aromatic rings. The molecule has 0 amide bonds. The van der Waals surface area contributed by atoms with Crippen molar-refractivity contribution in [3.63, 3.8) is 0 Å². The van der Waals surface area contributed by atoms with Gasteiger partial charge in [-0.25, -0.2) is 0 Å².